The van der Waals surface area contributed by atoms with Gasteiger partial charge in [-0.3, -0.25) is 0 Å². The Labute approximate surface area is 111 Å². The number of hydrogen-bond donors (Lipinski definition) is 0. The van der Waals surface area contributed by atoms with Crippen LogP contribution in [0.4, 0.5) is 0 Å². The molecule has 0 aliphatic carbocycles. The minimum atomic E-state index is 0. The Kier molecular flexibility index (Phi) is 4.07. The summed E-state index contributed by atoms with van der Waals surface area (Å²) in [5.74, 6) is 0.769. The first-order chi connectivity index (χ1) is 7.26. The van der Waals surface area contributed by atoms with Crippen LogP contribution in [0, 0.1) is 11.3 Å². The van der Waals surface area contributed by atoms with Gasteiger partial charge in [0.1, 0.15) is 18.9 Å². The Morgan fingerprint density at radius 3 is 2.69 bits per heavy atom. The molecule has 0 saturated heterocycles. The summed E-state index contributed by atoms with van der Waals surface area (Å²) in [6.45, 7) is 0. The fraction of sp³-hybridized carbons (Fsp3) is 0.167. The molecule has 1 aromatic heterocycles. The van der Waals surface area contributed by atoms with Gasteiger partial charge in [0.05, 0.1) is 18.1 Å². The summed E-state index contributed by atoms with van der Waals surface area (Å²) in [6, 6.07) is 9.72. The van der Waals surface area contributed by atoms with Crippen molar-refractivity contribution in [1.29, 1.82) is 5.26 Å². The van der Waals surface area contributed by atoms with Crippen LogP contribution < -0.4 is 33.3 Å². The highest BCUT2D eigenvalue weighted by atomic mass is 127. The summed E-state index contributed by atoms with van der Waals surface area (Å²) < 4.78 is 7.12. The van der Waals surface area contributed by atoms with Crippen molar-refractivity contribution < 1.29 is 33.3 Å². The molecular formula is C12H11IN2O. The van der Waals surface area contributed by atoms with E-state index in [1.54, 1.807) is 7.11 Å². The lowest BCUT2D eigenvalue weighted by Crippen LogP contribution is -3.00. The van der Waals surface area contributed by atoms with Crippen LogP contribution in [0.5, 0.6) is 5.75 Å². The molecule has 0 atom stereocenters. The summed E-state index contributed by atoms with van der Waals surface area (Å²) >= 11 is 0. The van der Waals surface area contributed by atoms with Crippen LogP contribution in [0.2, 0.25) is 0 Å². The maximum absolute atomic E-state index is 8.99. The second-order valence-corrected chi connectivity index (χ2v) is 3.34. The van der Waals surface area contributed by atoms with E-state index in [2.05, 4.69) is 6.07 Å². The van der Waals surface area contributed by atoms with Crippen molar-refractivity contribution >= 4 is 10.9 Å². The maximum Gasteiger partial charge on any atom is 0.213 e. The summed E-state index contributed by atoms with van der Waals surface area (Å²) in [5.41, 5.74) is 1.69. The molecule has 0 unspecified atom stereocenters. The number of nitriles is 1. The normalized spacial score (nSPS) is 9.31. The molecule has 2 aromatic rings. The van der Waals surface area contributed by atoms with Crippen molar-refractivity contribution in [2.45, 2.75) is 0 Å². The molecule has 3 nitrogen and oxygen atoms in total. The molecule has 0 saturated carbocycles. The number of halogens is 1. The molecule has 16 heavy (non-hydrogen) atoms. The van der Waals surface area contributed by atoms with E-state index >= 15 is 0 Å². The first-order valence-corrected chi connectivity index (χ1v) is 4.63. The Balaban J connectivity index is 0.00000128. The second kappa shape index (κ2) is 5.12. The van der Waals surface area contributed by atoms with Crippen molar-refractivity contribution in [3.63, 3.8) is 0 Å². The van der Waals surface area contributed by atoms with Crippen molar-refractivity contribution in [3.05, 3.63) is 36.0 Å². The van der Waals surface area contributed by atoms with Crippen molar-refractivity contribution in [2.75, 3.05) is 7.11 Å². The average molecular weight is 326 g/mol. The van der Waals surface area contributed by atoms with Crippen LogP contribution in [-0.2, 0) is 7.05 Å². The fourth-order valence-electron chi connectivity index (χ4n) is 1.62. The summed E-state index contributed by atoms with van der Waals surface area (Å²) in [5, 5.41) is 9.91. The van der Waals surface area contributed by atoms with E-state index < -0.39 is 0 Å². The molecule has 1 aromatic carbocycles. The molecule has 1 heterocycles. The molecule has 0 fully saturated rings. The zero-order valence-corrected chi connectivity index (χ0v) is 11.2. The van der Waals surface area contributed by atoms with Crippen LogP contribution in [0.25, 0.3) is 10.9 Å². The standard InChI is InChI=1S/C12H11N2O.HI/c1-14-6-5-9(8-13)11-7-10(15-2)3-4-12(11)14;/h3-7H,1-2H3;1H/q+1;/p-1. The third kappa shape index (κ3) is 2.09. The van der Waals surface area contributed by atoms with Gasteiger partial charge in [-0.05, 0) is 12.1 Å². The monoisotopic (exact) mass is 326 g/mol. The molecule has 0 spiro atoms. The smallest absolute Gasteiger partial charge is 0.213 e. The van der Waals surface area contributed by atoms with Gasteiger partial charge in [0.2, 0.25) is 5.52 Å². The van der Waals surface area contributed by atoms with Crippen molar-refractivity contribution in [3.8, 4) is 11.8 Å². The van der Waals surface area contributed by atoms with E-state index in [0.29, 0.717) is 5.56 Å². The molecule has 0 amide bonds. The minimum Gasteiger partial charge on any atom is -1.00 e. The number of fused-ring (bicyclic) bond motifs is 1. The van der Waals surface area contributed by atoms with Crippen LogP contribution in [0.3, 0.4) is 0 Å². The highest BCUT2D eigenvalue weighted by molar-refractivity contribution is 5.83. The first kappa shape index (κ1) is 12.7. The lowest BCUT2D eigenvalue weighted by atomic mass is 10.1. The average Bonchev–Trinajstić information content (AvgIpc) is 2.29. The van der Waals surface area contributed by atoms with E-state index in [4.69, 9.17) is 10.00 Å². The SMILES string of the molecule is COc1ccc2c(c1)c(C#N)cc[n+]2C.[I-]. The molecule has 0 bridgehead atoms. The summed E-state index contributed by atoms with van der Waals surface area (Å²) in [7, 11) is 3.58. The number of aromatic nitrogens is 1. The number of nitrogens with zero attached hydrogens (tertiary/aromatic N) is 2. The third-order valence-electron chi connectivity index (χ3n) is 2.46. The van der Waals surface area contributed by atoms with Crippen LogP contribution in [0.1, 0.15) is 5.56 Å². The zero-order chi connectivity index (χ0) is 10.8. The van der Waals surface area contributed by atoms with E-state index in [9.17, 15) is 0 Å². The molecule has 0 aliphatic rings. The summed E-state index contributed by atoms with van der Waals surface area (Å²) in [6.07, 6.45) is 1.88. The Hall–Kier alpha value is -1.35. The van der Waals surface area contributed by atoms with E-state index in [-0.39, 0.29) is 24.0 Å². The molecule has 2 rings (SSSR count). The highest BCUT2D eigenvalue weighted by Gasteiger charge is 2.09. The van der Waals surface area contributed by atoms with Gasteiger partial charge in [-0.15, -0.1) is 0 Å². The lowest BCUT2D eigenvalue weighted by Gasteiger charge is -2.02. The van der Waals surface area contributed by atoms with Crippen LogP contribution >= 0.6 is 0 Å². The molecule has 82 valence electrons. The number of rotatable bonds is 1. The number of pyridine rings is 1. The number of hydrogen-bond acceptors (Lipinski definition) is 2. The number of methoxy groups -OCH3 is 1. The van der Waals surface area contributed by atoms with Gasteiger partial charge < -0.3 is 28.7 Å². The van der Waals surface area contributed by atoms with E-state index in [0.717, 1.165) is 16.7 Å². The topological polar surface area (TPSA) is 36.9 Å². The largest absolute Gasteiger partial charge is 1.00 e. The van der Waals surface area contributed by atoms with Gasteiger partial charge in [-0.25, -0.2) is 4.57 Å². The Morgan fingerprint density at radius 2 is 2.06 bits per heavy atom. The van der Waals surface area contributed by atoms with E-state index in [1.807, 2.05) is 42.1 Å². The van der Waals surface area contributed by atoms with Gasteiger partial charge in [-0.2, -0.15) is 5.26 Å². The zero-order valence-electron chi connectivity index (χ0n) is 9.07. The molecular weight excluding hydrogens is 315 g/mol. The Bertz CT molecular complexity index is 561. The second-order valence-electron chi connectivity index (χ2n) is 3.34. The highest BCUT2D eigenvalue weighted by Crippen LogP contribution is 2.20. The fourth-order valence-corrected chi connectivity index (χ4v) is 1.62. The van der Waals surface area contributed by atoms with Crippen LogP contribution in [-0.4, -0.2) is 7.11 Å². The van der Waals surface area contributed by atoms with E-state index in [1.165, 1.54) is 0 Å². The number of ether oxygens (including phenoxy) is 1. The van der Waals surface area contributed by atoms with Gasteiger partial charge >= 0.3 is 0 Å². The molecule has 0 radical (unpaired) electrons. The predicted molar refractivity (Wildman–Crippen MR) is 56.4 cm³/mol. The van der Waals surface area contributed by atoms with Crippen molar-refractivity contribution in [2.24, 2.45) is 7.05 Å². The van der Waals surface area contributed by atoms with Crippen molar-refractivity contribution in [1.82, 2.24) is 0 Å². The van der Waals surface area contributed by atoms with Gasteiger partial charge in [0.15, 0.2) is 6.20 Å². The maximum atomic E-state index is 8.99. The quantitative estimate of drug-likeness (QED) is 0.475. The number of aryl methyl sites for hydroxylation is 1. The molecule has 0 aliphatic heterocycles. The number of benzene rings is 1. The summed E-state index contributed by atoms with van der Waals surface area (Å²) in [4.78, 5) is 0. The third-order valence-corrected chi connectivity index (χ3v) is 2.46. The van der Waals surface area contributed by atoms with Crippen LogP contribution in [0.15, 0.2) is 30.5 Å². The van der Waals surface area contributed by atoms with Gasteiger partial charge in [-0.1, -0.05) is 0 Å². The van der Waals surface area contributed by atoms with Gasteiger partial charge in [0, 0.05) is 12.1 Å². The van der Waals surface area contributed by atoms with Gasteiger partial charge in [0.25, 0.3) is 0 Å². The lowest BCUT2D eigenvalue weighted by molar-refractivity contribution is -0.644. The predicted octanol–water partition coefficient (Wildman–Crippen LogP) is -1.45. The first-order valence-electron chi connectivity index (χ1n) is 4.63. The Morgan fingerprint density at radius 1 is 1.31 bits per heavy atom. The minimum absolute atomic E-state index is 0. The molecule has 4 heteroatoms. The molecule has 0 N–H and O–H groups in total.